The summed E-state index contributed by atoms with van der Waals surface area (Å²) in [5, 5.41) is 18.1. The number of carboxylic acids is 1. The number of halogens is 1. The summed E-state index contributed by atoms with van der Waals surface area (Å²) in [6.45, 7) is 2.18. The SMILES string of the molecule is CCN(CC(=O)O)c1cccc(Cl)c1C#N. The highest BCUT2D eigenvalue weighted by Crippen LogP contribution is 2.26. The number of nitrogens with zero attached hydrogens (tertiary/aromatic N) is 2. The zero-order chi connectivity index (χ0) is 12.1. The van der Waals surface area contributed by atoms with Crippen LogP contribution in [0.25, 0.3) is 0 Å². The van der Waals surface area contributed by atoms with Crippen molar-refractivity contribution in [3.63, 3.8) is 0 Å². The molecule has 0 fully saturated rings. The minimum absolute atomic E-state index is 0.147. The lowest BCUT2D eigenvalue weighted by molar-refractivity contribution is -0.135. The molecular weight excluding hydrogens is 228 g/mol. The van der Waals surface area contributed by atoms with Gasteiger partial charge < -0.3 is 10.0 Å². The number of anilines is 1. The number of carbonyl (C=O) groups is 1. The summed E-state index contributed by atoms with van der Waals surface area (Å²) in [5.74, 6) is -0.939. The minimum atomic E-state index is -0.939. The van der Waals surface area contributed by atoms with Gasteiger partial charge in [-0.05, 0) is 19.1 Å². The van der Waals surface area contributed by atoms with Gasteiger partial charge in [0.05, 0.1) is 16.3 Å². The van der Waals surface area contributed by atoms with Gasteiger partial charge in [-0.15, -0.1) is 0 Å². The van der Waals surface area contributed by atoms with Gasteiger partial charge in [0.2, 0.25) is 0 Å². The van der Waals surface area contributed by atoms with E-state index >= 15 is 0 Å². The van der Waals surface area contributed by atoms with Crippen LogP contribution in [0.1, 0.15) is 12.5 Å². The summed E-state index contributed by atoms with van der Waals surface area (Å²) in [6, 6.07) is 6.98. The molecule has 0 spiro atoms. The molecule has 0 heterocycles. The molecule has 0 aliphatic rings. The van der Waals surface area contributed by atoms with Crippen molar-refractivity contribution < 1.29 is 9.90 Å². The predicted molar refractivity (Wildman–Crippen MR) is 61.7 cm³/mol. The van der Waals surface area contributed by atoms with Gasteiger partial charge in [-0.25, -0.2) is 0 Å². The Kier molecular flexibility index (Phi) is 4.15. The van der Waals surface area contributed by atoms with E-state index in [1.165, 1.54) is 0 Å². The second-order valence-electron chi connectivity index (χ2n) is 3.15. The second kappa shape index (κ2) is 5.38. The third kappa shape index (κ3) is 2.65. The Labute approximate surface area is 98.7 Å². The lowest BCUT2D eigenvalue weighted by Gasteiger charge is -2.22. The van der Waals surface area contributed by atoms with Crippen LogP contribution in [0.5, 0.6) is 0 Å². The molecule has 0 radical (unpaired) electrons. The normalized spacial score (nSPS) is 9.56. The van der Waals surface area contributed by atoms with Crippen molar-refractivity contribution in [3.8, 4) is 6.07 Å². The van der Waals surface area contributed by atoms with Crippen LogP contribution in [0, 0.1) is 11.3 Å². The van der Waals surface area contributed by atoms with Crippen LogP contribution in [-0.4, -0.2) is 24.2 Å². The fourth-order valence-electron chi connectivity index (χ4n) is 1.42. The van der Waals surface area contributed by atoms with Crippen LogP contribution in [-0.2, 0) is 4.79 Å². The van der Waals surface area contributed by atoms with E-state index in [-0.39, 0.29) is 6.54 Å². The van der Waals surface area contributed by atoms with Crippen molar-refractivity contribution in [1.82, 2.24) is 0 Å². The maximum absolute atomic E-state index is 10.7. The summed E-state index contributed by atoms with van der Waals surface area (Å²) in [7, 11) is 0. The van der Waals surface area contributed by atoms with E-state index in [2.05, 4.69) is 0 Å². The van der Waals surface area contributed by atoms with Crippen molar-refractivity contribution in [2.45, 2.75) is 6.92 Å². The molecular formula is C11H11ClN2O2. The third-order valence-electron chi connectivity index (χ3n) is 2.15. The molecule has 1 N–H and O–H groups in total. The van der Waals surface area contributed by atoms with Crippen LogP contribution < -0.4 is 4.90 Å². The number of hydrogen-bond acceptors (Lipinski definition) is 3. The van der Waals surface area contributed by atoms with Crippen molar-refractivity contribution in [1.29, 1.82) is 5.26 Å². The Morgan fingerprint density at radius 1 is 1.62 bits per heavy atom. The van der Waals surface area contributed by atoms with E-state index in [1.807, 2.05) is 13.0 Å². The molecule has 84 valence electrons. The molecule has 0 amide bonds. The smallest absolute Gasteiger partial charge is 0.323 e. The third-order valence-corrected chi connectivity index (χ3v) is 2.47. The number of hydrogen-bond donors (Lipinski definition) is 1. The van der Waals surface area contributed by atoms with Gasteiger partial charge in [0, 0.05) is 6.54 Å². The highest BCUT2D eigenvalue weighted by atomic mass is 35.5. The van der Waals surface area contributed by atoms with E-state index in [0.717, 1.165) is 0 Å². The Bertz CT molecular complexity index is 440. The summed E-state index contributed by atoms with van der Waals surface area (Å²) < 4.78 is 0. The Morgan fingerprint density at radius 3 is 2.81 bits per heavy atom. The first-order valence-corrected chi connectivity index (χ1v) is 5.13. The molecule has 0 atom stereocenters. The maximum atomic E-state index is 10.7. The van der Waals surface area contributed by atoms with Gasteiger partial charge in [-0.1, -0.05) is 17.7 Å². The largest absolute Gasteiger partial charge is 0.480 e. The lowest BCUT2D eigenvalue weighted by atomic mass is 10.1. The van der Waals surface area contributed by atoms with Crippen LogP contribution in [0.4, 0.5) is 5.69 Å². The van der Waals surface area contributed by atoms with Gasteiger partial charge in [-0.2, -0.15) is 5.26 Å². The van der Waals surface area contributed by atoms with Crippen LogP contribution in [0.15, 0.2) is 18.2 Å². The van der Waals surface area contributed by atoms with Crippen molar-refractivity contribution in [3.05, 3.63) is 28.8 Å². The number of aliphatic carboxylic acids is 1. The lowest BCUT2D eigenvalue weighted by Crippen LogP contribution is -2.29. The summed E-state index contributed by atoms with van der Waals surface area (Å²) >= 11 is 5.87. The van der Waals surface area contributed by atoms with Gasteiger partial charge in [0.1, 0.15) is 12.6 Å². The molecule has 16 heavy (non-hydrogen) atoms. The first kappa shape index (κ1) is 12.3. The number of carboxylic acid groups (broad SMARTS) is 1. The molecule has 1 aromatic carbocycles. The Balaban J connectivity index is 3.15. The highest BCUT2D eigenvalue weighted by Gasteiger charge is 2.14. The summed E-state index contributed by atoms with van der Waals surface area (Å²) in [4.78, 5) is 12.3. The first-order chi connectivity index (χ1) is 7.60. The molecule has 0 unspecified atom stereocenters. The quantitative estimate of drug-likeness (QED) is 0.873. The standard InChI is InChI=1S/C11H11ClN2O2/c1-2-14(7-11(15)16)10-5-3-4-9(12)8(10)6-13/h3-5H,2,7H2,1H3,(H,15,16). The van der Waals surface area contributed by atoms with Gasteiger partial charge in [0.25, 0.3) is 0 Å². The fraction of sp³-hybridized carbons (Fsp3) is 0.273. The first-order valence-electron chi connectivity index (χ1n) is 4.75. The molecule has 1 aromatic rings. The van der Waals surface area contributed by atoms with E-state index in [1.54, 1.807) is 23.1 Å². The Morgan fingerprint density at radius 2 is 2.31 bits per heavy atom. The predicted octanol–water partition coefficient (Wildman–Crippen LogP) is 2.12. The number of rotatable bonds is 4. The molecule has 0 aliphatic carbocycles. The van der Waals surface area contributed by atoms with Gasteiger partial charge in [0.15, 0.2) is 0 Å². The van der Waals surface area contributed by atoms with Crippen LogP contribution in [0.3, 0.4) is 0 Å². The van der Waals surface area contributed by atoms with Gasteiger partial charge in [-0.3, -0.25) is 4.79 Å². The highest BCUT2D eigenvalue weighted by molar-refractivity contribution is 6.32. The van der Waals surface area contributed by atoms with E-state index in [0.29, 0.717) is 22.8 Å². The number of benzene rings is 1. The van der Waals surface area contributed by atoms with Crippen molar-refractivity contribution in [2.75, 3.05) is 18.0 Å². The summed E-state index contributed by atoms with van der Waals surface area (Å²) in [5.41, 5.74) is 0.868. The molecule has 0 aromatic heterocycles. The molecule has 5 heteroatoms. The summed E-state index contributed by atoms with van der Waals surface area (Å²) in [6.07, 6.45) is 0. The minimum Gasteiger partial charge on any atom is -0.480 e. The van der Waals surface area contributed by atoms with E-state index in [4.69, 9.17) is 22.0 Å². The second-order valence-corrected chi connectivity index (χ2v) is 3.56. The zero-order valence-corrected chi connectivity index (χ0v) is 9.53. The van der Waals surface area contributed by atoms with Crippen LogP contribution in [0.2, 0.25) is 5.02 Å². The Hall–Kier alpha value is -1.73. The molecule has 0 bridgehead atoms. The molecule has 0 saturated carbocycles. The van der Waals surface area contributed by atoms with E-state index < -0.39 is 5.97 Å². The number of nitriles is 1. The fourth-order valence-corrected chi connectivity index (χ4v) is 1.63. The van der Waals surface area contributed by atoms with Crippen molar-refractivity contribution >= 4 is 23.3 Å². The number of likely N-dealkylation sites (N-methyl/N-ethyl adjacent to an activating group) is 1. The maximum Gasteiger partial charge on any atom is 0.323 e. The monoisotopic (exact) mass is 238 g/mol. The average molecular weight is 239 g/mol. The topological polar surface area (TPSA) is 64.3 Å². The van der Waals surface area contributed by atoms with Crippen molar-refractivity contribution in [2.24, 2.45) is 0 Å². The zero-order valence-electron chi connectivity index (χ0n) is 8.77. The average Bonchev–Trinajstić information content (AvgIpc) is 2.25. The molecule has 0 aliphatic heterocycles. The molecule has 1 rings (SSSR count). The molecule has 4 nitrogen and oxygen atoms in total. The van der Waals surface area contributed by atoms with E-state index in [9.17, 15) is 4.79 Å². The van der Waals surface area contributed by atoms with Gasteiger partial charge >= 0.3 is 5.97 Å². The van der Waals surface area contributed by atoms with Crippen LogP contribution >= 0.6 is 11.6 Å². The molecule has 0 saturated heterocycles.